The zero-order valence-electron chi connectivity index (χ0n) is 17.2. The van der Waals surface area contributed by atoms with Gasteiger partial charge in [-0.25, -0.2) is 8.42 Å². The molecule has 2 aromatic rings. The fourth-order valence-electron chi connectivity index (χ4n) is 4.25. The Balaban J connectivity index is 1.60. The number of likely N-dealkylation sites (tertiary alicyclic amines) is 1. The van der Waals surface area contributed by atoms with Crippen LogP contribution < -0.4 is 4.72 Å². The zero-order chi connectivity index (χ0) is 20.2. The predicted molar refractivity (Wildman–Crippen MR) is 117 cm³/mol. The summed E-state index contributed by atoms with van der Waals surface area (Å²) in [6.45, 7) is 7.93. The van der Waals surface area contributed by atoms with E-state index in [1.54, 1.807) is 0 Å². The molecule has 0 spiro atoms. The van der Waals surface area contributed by atoms with Crippen LogP contribution in [0.5, 0.6) is 0 Å². The van der Waals surface area contributed by atoms with Crippen LogP contribution in [0.3, 0.4) is 0 Å². The van der Waals surface area contributed by atoms with Crippen LogP contribution >= 0.6 is 0 Å². The van der Waals surface area contributed by atoms with E-state index in [1.165, 1.54) is 23.8 Å². The Hall–Kier alpha value is -1.85. The average molecular weight is 401 g/mol. The van der Waals surface area contributed by atoms with Crippen molar-refractivity contribution in [3.63, 3.8) is 0 Å². The number of hydrogen-bond acceptors (Lipinski definition) is 3. The SMILES string of the molecule is CC1CN(CCCc2ccccc2)CCC1(C)c1cccc(NS(C)(=O)=O)c1. The summed E-state index contributed by atoms with van der Waals surface area (Å²) in [6.07, 6.45) is 4.59. The van der Waals surface area contributed by atoms with Gasteiger partial charge in [0.05, 0.1) is 6.26 Å². The number of sulfonamides is 1. The molecule has 0 aromatic heterocycles. The van der Waals surface area contributed by atoms with E-state index in [-0.39, 0.29) is 5.41 Å². The van der Waals surface area contributed by atoms with E-state index >= 15 is 0 Å². The molecule has 0 radical (unpaired) electrons. The Morgan fingerprint density at radius 3 is 2.57 bits per heavy atom. The molecule has 152 valence electrons. The van der Waals surface area contributed by atoms with Crippen LogP contribution in [-0.4, -0.2) is 39.2 Å². The molecule has 0 amide bonds. The molecule has 0 saturated carbocycles. The molecule has 2 atom stereocenters. The number of nitrogens with zero attached hydrogens (tertiary/aromatic N) is 1. The number of nitrogens with one attached hydrogen (secondary N) is 1. The highest BCUT2D eigenvalue weighted by Crippen LogP contribution is 2.40. The van der Waals surface area contributed by atoms with Crippen molar-refractivity contribution in [3.05, 3.63) is 65.7 Å². The third kappa shape index (κ3) is 5.36. The molecule has 1 aliphatic rings. The maximum absolute atomic E-state index is 11.6. The molecular formula is C23H32N2O2S. The molecular weight excluding hydrogens is 368 g/mol. The van der Waals surface area contributed by atoms with Gasteiger partial charge < -0.3 is 4.90 Å². The molecule has 0 aliphatic carbocycles. The summed E-state index contributed by atoms with van der Waals surface area (Å²) in [5.41, 5.74) is 3.34. The maximum atomic E-state index is 11.6. The van der Waals surface area contributed by atoms with Crippen LogP contribution in [-0.2, 0) is 21.9 Å². The van der Waals surface area contributed by atoms with E-state index in [0.717, 1.165) is 32.5 Å². The van der Waals surface area contributed by atoms with E-state index < -0.39 is 10.0 Å². The molecule has 3 rings (SSSR count). The number of aryl methyl sites for hydroxylation is 1. The molecule has 5 heteroatoms. The van der Waals surface area contributed by atoms with E-state index in [9.17, 15) is 8.42 Å². The van der Waals surface area contributed by atoms with Crippen LogP contribution in [0.1, 0.15) is 37.8 Å². The molecule has 2 aromatic carbocycles. The highest BCUT2D eigenvalue weighted by Gasteiger charge is 2.37. The van der Waals surface area contributed by atoms with E-state index in [4.69, 9.17) is 0 Å². The van der Waals surface area contributed by atoms with Crippen LogP contribution in [0, 0.1) is 5.92 Å². The van der Waals surface area contributed by atoms with Crippen LogP contribution in [0.4, 0.5) is 5.69 Å². The van der Waals surface area contributed by atoms with Crippen molar-refractivity contribution in [2.24, 2.45) is 5.92 Å². The van der Waals surface area contributed by atoms with Gasteiger partial charge in [0.1, 0.15) is 0 Å². The van der Waals surface area contributed by atoms with Crippen LogP contribution in [0.2, 0.25) is 0 Å². The van der Waals surface area contributed by atoms with Gasteiger partial charge in [0.15, 0.2) is 0 Å². The van der Waals surface area contributed by atoms with Crippen molar-refractivity contribution in [1.29, 1.82) is 0 Å². The fraction of sp³-hybridized carbons (Fsp3) is 0.478. The van der Waals surface area contributed by atoms with E-state index in [0.29, 0.717) is 11.6 Å². The lowest BCUT2D eigenvalue weighted by Crippen LogP contribution is -2.47. The number of hydrogen-bond donors (Lipinski definition) is 1. The second-order valence-corrected chi connectivity index (χ2v) is 10.2. The lowest BCUT2D eigenvalue weighted by atomic mass is 9.68. The zero-order valence-corrected chi connectivity index (χ0v) is 18.0. The van der Waals surface area contributed by atoms with Gasteiger partial charge in [0, 0.05) is 12.2 Å². The minimum Gasteiger partial charge on any atom is -0.303 e. The summed E-state index contributed by atoms with van der Waals surface area (Å²) in [6, 6.07) is 18.6. The molecule has 2 unspecified atom stereocenters. The van der Waals surface area contributed by atoms with Crippen molar-refractivity contribution in [3.8, 4) is 0 Å². The first-order chi connectivity index (χ1) is 13.3. The Labute approximate surface area is 170 Å². The normalized spacial score (nSPS) is 23.5. The van der Waals surface area contributed by atoms with Gasteiger partial charge in [0.25, 0.3) is 0 Å². The molecule has 0 bridgehead atoms. The van der Waals surface area contributed by atoms with Crippen molar-refractivity contribution < 1.29 is 8.42 Å². The van der Waals surface area contributed by atoms with Gasteiger partial charge in [0.2, 0.25) is 10.0 Å². The minimum absolute atomic E-state index is 0.0606. The highest BCUT2D eigenvalue weighted by molar-refractivity contribution is 7.92. The van der Waals surface area contributed by atoms with Crippen molar-refractivity contribution in [2.75, 3.05) is 30.6 Å². The maximum Gasteiger partial charge on any atom is 0.229 e. The predicted octanol–water partition coefficient (Wildman–Crippen LogP) is 4.29. The standard InChI is InChI=1S/C23H32N2O2S/c1-19-18-25(15-8-11-20-9-5-4-6-10-20)16-14-23(19,2)21-12-7-13-22(17-21)24-28(3,26)27/h4-7,9-10,12-13,17,19,24H,8,11,14-16,18H2,1-3H3. The van der Waals surface area contributed by atoms with Crippen molar-refractivity contribution in [1.82, 2.24) is 4.90 Å². The molecule has 1 heterocycles. The Morgan fingerprint density at radius 2 is 1.89 bits per heavy atom. The monoisotopic (exact) mass is 400 g/mol. The lowest BCUT2D eigenvalue weighted by molar-refractivity contribution is 0.110. The summed E-state index contributed by atoms with van der Waals surface area (Å²) in [5, 5.41) is 0. The third-order valence-corrected chi connectivity index (χ3v) is 6.78. The summed E-state index contributed by atoms with van der Waals surface area (Å²) in [7, 11) is -3.26. The van der Waals surface area contributed by atoms with E-state index in [2.05, 4.69) is 59.9 Å². The largest absolute Gasteiger partial charge is 0.303 e. The molecule has 1 N–H and O–H groups in total. The number of anilines is 1. The van der Waals surface area contributed by atoms with Gasteiger partial charge in [-0.2, -0.15) is 0 Å². The minimum atomic E-state index is -3.26. The van der Waals surface area contributed by atoms with Crippen molar-refractivity contribution in [2.45, 2.75) is 38.5 Å². The van der Waals surface area contributed by atoms with Gasteiger partial charge >= 0.3 is 0 Å². The molecule has 1 aliphatic heterocycles. The summed E-state index contributed by atoms with van der Waals surface area (Å²) in [5.74, 6) is 0.506. The summed E-state index contributed by atoms with van der Waals surface area (Å²) >= 11 is 0. The summed E-state index contributed by atoms with van der Waals surface area (Å²) in [4.78, 5) is 2.58. The number of benzene rings is 2. The highest BCUT2D eigenvalue weighted by atomic mass is 32.2. The summed E-state index contributed by atoms with van der Waals surface area (Å²) < 4.78 is 25.7. The van der Waals surface area contributed by atoms with Gasteiger partial charge in [-0.3, -0.25) is 4.72 Å². The first-order valence-corrected chi connectivity index (χ1v) is 12.0. The van der Waals surface area contributed by atoms with Gasteiger partial charge in [-0.1, -0.05) is 56.3 Å². The smallest absolute Gasteiger partial charge is 0.229 e. The lowest BCUT2D eigenvalue weighted by Gasteiger charge is -2.45. The van der Waals surface area contributed by atoms with E-state index in [1.807, 2.05) is 18.2 Å². The molecule has 1 fully saturated rings. The Bertz CT molecular complexity index is 882. The molecule has 1 saturated heterocycles. The third-order valence-electron chi connectivity index (χ3n) is 6.17. The van der Waals surface area contributed by atoms with Crippen LogP contribution in [0.25, 0.3) is 0 Å². The van der Waals surface area contributed by atoms with Gasteiger partial charge in [-0.05, 0) is 66.9 Å². The second-order valence-electron chi connectivity index (χ2n) is 8.41. The number of rotatable bonds is 7. The first kappa shape index (κ1) is 20.9. The molecule has 4 nitrogen and oxygen atoms in total. The van der Waals surface area contributed by atoms with Gasteiger partial charge in [-0.15, -0.1) is 0 Å². The molecule has 28 heavy (non-hydrogen) atoms. The Morgan fingerprint density at radius 1 is 1.14 bits per heavy atom. The van der Waals surface area contributed by atoms with Crippen molar-refractivity contribution >= 4 is 15.7 Å². The second kappa shape index (κ2) is 8.66. The quantitative estimate of drug-likeness (QED) is 0.754. The average Bonchev–Trinajstić information content (AvgIpc) is 2.64. The topological polar surface area (TPSA) is 49.4 Å². The fourth-order valence-corrected chi connectivity index (χ4v) is 4.81. The Kier molecular flexibility index (Phi) is 6.46. The number of piperidine rings is 1. The van der Waals surface area contributed by atoms with Crippen LogP contribution in [0.15, 0.2) is 54.6 Å². The first-order valence-electron chi connectivity index (χ1n) is 10.1.